The molecular formula is C20H20ClN7O5S4. The number of rotatable bonds is 10. The Hall–Kier alpha value is -2.50. The molecule has 0 spiro atoms. The van der Waals surface area contributed by atoms with E-state index >= 15 is 0 Å². The van der Waals surface area contributed by atoms with Gasteiger partial charge in [0.1, 0.15) is 28.6 Å². The zero-order valence-electron chi connectivity index (χ0n) is 18.8. The van der Waals surface area contributed by atoms with Crippen LogP contribution in [0.1, 0.15) is 11.4 Å². The predicted molar refractivity (Wildman–Crippen MR) is 145 cm³/mol. The number of thioether (sulfide) groups is 3. The van der Waals surface area contributed by atoms with Gasteiger partial charge in [0.15, 0.2) is 5.71 Å². The number of carboxylic acid groups (broad SMARTS) is 1. The summed E-state index contributed by atoms with van der Waals surface area (Å²) >= 11 is 11.7. The molecule has 17 heteroatoms. The van der Waals surface area contributed by atoms with Crippen molar-refractivity contribution in [2.24, 2.45) is 10.9 Å². The third-order valence-electron chi connectivity index (χ3n) is 5.15. The molecule has 0 saturated carbocycles. The number of oxime groups is 1. The molecule has 0 bridgehead atoms. The Morgan fingerprint density at radius 2 is 2.16 bits per heavy atom. The average molecular weight is 602 g/mol. The highest BCUT2D eigenvalue weighted by Crippen LogP contribution is 2.46. The molecule has 2 aliphatic heterocycles. The molecule has 0 aliphatic carbocycles. The highest BCUT2D eigenvalue weighted by molar-refractivity contribution is 8.07. The van der Waals surface area contributed by atoms with Crippen LogP contribution >= 0.6 is 58.2 Å². The molecule has 2 atom stereocenters. The van der Waals surface area contributed by atoms with Crippen molar-refractivity contribution in [2.75, 3.05) is 23.8 Å². The van der Waals surface area contributed by atoms with Crippen LogP contribution in [0.5, 0.6) is 0 Å². The van der Waals surface area contributed by atoms with E-state index in [0.29, 0.717) is 23.0 Å². The molecule has 4 rings (SSSR count). The average Bonchev–Trinajstić information content (AvgIpc) is 3.31. The number of amides is 2. The Kier molecular flexibility index (Phi) is 8.86. The molecule has 0 unspecified atom stereocenters. The molecular weight excluding hydrogens is 582 g/mol. The second-order valence-electron chi connectivity index (χ2n) is 7.48. The van der Waals surface area contributed by atoms with E-state index < -0.39 is 34.9 Å². The molecule has 37 heavy (non-hydrogen) atoms. The number of pyridine rings is 1. The number of hydrogen-bond acceptors (Lipinski definition) is 13. The fraction of sp³-hybridized carbons (Fsp3) is 0.300. The first-order valence-electron chi connectivity index (χ1n) is 10.5. The number of nitrogens with zero attached hydrogens (tertiary/aromatic N) is 4. The van der Waals surface area contributed by atoms with Gasteiger partial charge in [0.25, 0.3) is 11.8 Å². The van der Waals surface area contributed by atoms with E-state index in [-0.39, 0.29) is 22.2 Å². The highest BCUT2D eigenvalue weighted by atomic mass is 35.5. The van der Waals surface area contributed by atoms with Gasteiger partial charge in [-0.25, -0.2) is 14.8 Å². The maximum Gasteiger partial charge on any atom is 0.353 e. The first-order chi connectivity index (χ1) is 17.8. The minimum Gasteiger partial charge on any atom is -0.477 e. The molecule has 0 radical (unpaired) electrons. The number of nitrogens with two attached hydrogens (primary N) is 2. The van der Waals surface area contributed by atoms with E-state index in [9.17, 15) is 24.7 Å². The number of carboxylic acids is 1. The maximum atomic E-state index is 13.0. The monoisotopic (exact) mass is 601 g/mol. The van der Waals surface area contributed by atoms with Gasteiger partial charge in [-0.3, -0.25) is 14.5 Å². The quantitative estimate of drug-likeness (QED) is 0.0868. The number of aromatic nitrogens is 2. The summed E-state index contributed by atoms with van der Waals surface area (Å²) in [5, 5.41) is 24.2. The Morgan fingerprint density at radius 1 is 1.38 bits per heavy atom. The Labute approximate surface area is 232 Å². The number of aliphatic carboxylic acids is 1. The highest BCUT2D eigenvalue weighted by Gasteiger charge is 2.54. The van der Waals surface area contributed by atoms with Crippen molar-refractivity contribution in [3.05, 3.63) is 44.7 Å². The summed E-state index contributed by atoms with van der Waals surface area (Å²) in [5.74, 6) is -0.983. The first-order valence-corrected chi connectivity index (χ1v) is 14.8. The van der Waals surface area contributed by atoms with E-state index in [1.54, 1.807) is 17.3 Å². The fourth-order valence-electron chi connectivity index (χ4n) is 3.50. The Bertz CT molecular complexity index is 1300. The minimum atomic E-state index is -1.25. The van der Waals surface area contributed by atoms with Gasteiger partial charge >= 0.3 is 5.97 Å². The number of thiazole rings is 1. The molecule has 4 heterocycles. The second-order valence-corrected chi connectivity index (χ2v) is 12.3. The molecule has 2 aliphatic rings. The number of carbonyl (C=O) groups excluding carboxylic acids is 2. The van der Waals surface area contributed by atoms with E-state index in [1.807, 2.05) is 0 Å². The van der Waals surface area contributed by atoms with Crippen molar-refractivity contribution in [3.63, 3.8) is 0 Å². The standard InChI is InChI=1S/C20H20ClN7O5S4/c21-8-1-2-11(23)25-12(8)13(27-33)16(29)26-14-17(30)28-15(19(31)32)10(6-35-18(14)28)37-20-9(24-7-36-20)5-34-4-3-22/h1-2,7,14,18,33H,3-6,22H2,(H2,23,25)(H,26,29)(H,31,32)/b27-13-/t14-,18-/m1/s1. The number of β-lactam (4-membered cyclic amide) rings is 1. The van der Waals surface area contributed by atoms with Gasteiger partial charge in [-0.15, -0.1) is 23.1 Å². The summed E-state index contributed by atoms with van der Waals surface area (Å²) in [4.78, 5) is 48.0. The van der Waals surface area contributed by atoms with Crippen LogP contribution in [-0.2, 0) is 20.1 Å². The number of halogens is 1. The van der Waals surface area contributed by atoms with Crippen molar-refractivity contribution in [3.8, 4) is 0 Å². The van der Waals surface area contributed by atoms with E-state index in [4.69, 9.17) is 23.1 Å². The predicted octanol–water partition coefficient (Wildman–Crippen LogP) is 1.63. The molecule has 12 nitrogen and oxygen atoms in total. The van der Waals surface area contributed by atoms with Gasteiger partial charge in [-0.1, -0.05) is 28.5 Å². The van der Waals surface area contributed by atoms with Gasteiger partial charge < -0.3 is 27.1 Å². The molecule has 2 aromatic heterocycles. The topological polar surface area (TPSA) is 197 Å². The van der Waals surface area contributed by atoms with Crippen molar-refractivity contribution < 1.29 is 24.7 Å². The summed E-state index contributed by atoms with van der Waals surface area (Å²) in [6.45, 7) is 0.549. The number of fused-ring (bicyclic) bond motifs is 1. The SMILES string of the molecule is NCCSCc1ncsc1SC1=C(C(=O)O)N2C(=O)[C@@H](NC(=O)/C(=N\O)c3nc(N)ccc3Cl)[C@H]2SC1. The van der Waals surface area contributed by atoms with Gasteiger partial charge in [-0.05, 0) is 12.1 Å². The van der Waals surface area contributed by atoms with Crippen LogP contribution in [0.4, 0.5) is 5.82 Å². The number of nitrogens with one attached hydrogen (secondary N) is 1. The van der Waals surface area contributed by atoms with Crippen molar-refractivity contribution in [1.82, 2.24) is 20.2 Å². The lowest BCUT2D eigenvalue weighted by atomic mass is 10.0. The number of anilines is 1. The van der Waals surface area contributed by atoms with Crippen molar-refractivity contribution in [1.29, 1.82) is 0 Å². The normalized spacial score (nSPS) is 19.5. The first kappa shape index (κ1) is 27.5. The van der Waals surface area contributed by atoms with Crippen LogP contribution in [0.2, 0.25) is 5.02 Å². The van der Waals surface area contributed by atoms with Crippen LogP contribution in [0, 0.1) is 0 Å². The van der Waals surface area contributed by atoms with Gasteiger partial charge in [-0.2, -0.15) is 11.8 Å². The molecule has 0 aromatic carbocycles. The molecule has 2 amide bonds. The zero-order valence-corrected chi connectivity index (χ0v) is 22.8. The van der Waals surface area contributed by atoms with Gasteiger partial charge in [0.2, 0.25) is 0 Å². The minimum absolute atomic E-state index is 0.0207. The third kappa shape index (κ3) is 5.68. The van der Waals surface area contributed by atoms with Crippen molar-refractivity contribution >= 4 is 87.5 Å². The van der Waals surface area contributed by atoms with Crippen LogP contribution in [0.3, 0.4) is 0 Å². The molecule has 1 fully saturated rings. The molecule has 196 valence electrons. The second kappa shape index (κ2) is 11.9. The summed E-state index contributed by atoms with van der Waals surface area (Å²) in [6, 6.07) is 1.76. The largest absolute Gasteiger partial charge is 0.477 e. The van der Waals surface area contributed by atoms with Crippen LogP contribution < -0.4 is 16.8 Å². The van der Waals surface area contributed by atoms with E-state index in [1.165, 1.54) is 47.0 Å². The van der Waals surface area contributed by atoms with Gasteiger partial charge in [0, 0.05) is 28.7 Å². The lowest BCUT2D eigenvalue weighted by Gasteiger charge is -2.49. The van der Waals surface area contributed by atoms with Crippen LogP contribution in [0.15, 0.2) is 37.6 Å². The Balaban J connectivity index is 1.51. The van der Waals surface area contributed by atoms with E-state index in [0.717, 1.165) is 20.6 Å². The lowest BCUT2D eigenvalue weighted by Crippen LogP contribution is -2.71. The molecule has 1 saturated heterocycles. The van der Waals surface area contributed by atoms with E-state index in [2.05, 4.69) is 20.4 Å². The summed E-state index contributed by atoms with van der Waals surface area (Å²) < 4.78 is 0.852. The number of hydrogen-bond donors (Lipinski definition) is 5. The zero-order chi connectivity index (χ0) is 26.7. The number of carbonyl (C=O) groups is 3. The smallest absolute Gasteiger partial charge is 0.353 e. The Morgan fingerprint density at radius 3 is 2.86 bits per heavy atom. The molecule has 2 aromatic rings. The lowest BCUT2D eigenvalue weighted by molar-refractivity contribution is -0.150. The van der Waals surface area contributed by atoms with Gasteiger partial charge in [0.05, 0.1) is 20.4 Å². The van der Waals surface area contributed by atoms with Crippen molar-refractivity contribution in [2.45, 2.75) is 21.4 Å². The maximum absolute atomic E-state index is 13.0. The fourth-order valence-corrected chi connectivity index (χ4v) is 8.15. The number of nitrogen functional groups attached to an aromatic ring is 1. The van der Waals surface area contributed by atoms with Crippen LogP contribution in [-0.4, -0.2) is 78.1 Å². The summed E-state index contributed by atoms with van der Waals surface area (Å²) in [6.07, 6.45) is 0. The van der Waals surface area contributed by atoms with Crippen LogP contribution in [0.25, 0.3) is 0 Å². The molecule has 7 N–H and O–H groups in total. The summed E-state index contributed by atoms with van der Waals surface area (Å²) in [7, 11) is 0. The summed E-state index contributed by atoms with van der Waals surface area (Å²) in [5.41, 5.74) is 12.9. The third-order valence-corrected chi connectivity index (χ3v) is 10.1.